The predicted octanol–water partition coefficient (Wildman–Crippen LogP) is 0.422. The van der Waals surface area contributed by atoms with Gasteiger partial charge in [0, 0.05) is 25.0 Å². The number of aryl methyl sites for hydroxylation is 1. The average molecular weight is 278 g/mol. The summed E-state index contributed by atoms with van der Waals surface area (Å²) in [5.41, 5.74) is 5.53. The first-order chi connectivity index (χ1) is 7.86. The number of nitrogens with one attached hydrogen (secondary N) is 1. The highest BCUT2D eigenvalue weighted by Crippen LogP contribution is 2.15. The Hall–Kier alpha value is -0.730. The Morgan fingerprint density at radius 3 is 2.76 bits per heavy atom. The molecule has 1 aromatic heterocycles. The van der Waals surface area contributed by atoms with Crippen molar-refractivity contribution in [2.24, 2.45) is 7.05 Å². The zero-order valence-electron chi connectivity index (χ0n) is 10.2. The van der Waals surface area contributed by atoms with Crippen LogP contribution in [0.25, 0.3) is 0 Å². The van der Waals surface area contributed by atoms with Crippen molar-refractivity contribution in [1.82, 2.24) is 14.5 Å². The number of nitrogens with two attached hydrogens (primary N) is 1. The summed E-state index contributed by atoms with van der Waals surface area (Å²) in [6.45, 7) is 2.45. The third-order valence-electron chi connectivity index (χ3n) is 2.36. The summed E-state index contributed by atoms with van der Waals surface area (Å²) in [5, 5.41) is 4.23. The van der Waals surface area contributed by atoms with Crippen LogP contribution >= 0.6 is 11.8 Å². The monoisotopic (exact) mass is 278 g/mol. The second-order valence-electron chi connectivity index (χ2n) is 3.79. The summed E-state index contributed by atoms with van der Waals surface area (Å²) in [4.78, 5) is 0.0387. The fourth-order valence-electron chi connectivity index (χ4n) is 1.28. The molecule has 1 atom stereocenters. The molecule has 1 rings (SSSR count). The molecule has 1 aromatic rings. The number of hydrogen-bond donors (Lipinski definition) is 2. The van der Waals surface area contributed by atoms with E-state index in [1.165, 1.54) is 10.9 Å². The Bertz CT molecular complexity index is 469. The molecule has 1 unspecified atom stereocenters. The zero-order chi connectivity index (χ0) is 13.1. The number of sulfonamides is 1. The van der Waals surface area contributed by atoms with E-state index in [-0.39, 0.29) is 10.7 Å². The molecule has 0 aromatic carbocycles. The van der Waals surface area contributed by atoms with Crippen LogP contribution in [-0.4, -0.2) is 36.2 Å². The van der Waals surface area contributed by atoms with E-state index < -0.39 is 10.0 Å². The normalized spacial score (nSPS) is 13.8. The molecule has 0 aliphatic carbocycles. The first-order valence-corrected chi connectivity index (χ1v) is 7.95. The fraction of sp³-hybridized carbons (Fsp3) is 0.667. The van der Waals surface area contributed by atoms with Crippen molar-refractivity contribution in [3.63, 3.8) is 0 Å². The highest BCUT2D eigenvalue weighted by atomic mass is 32.2. The molecule has 0 aliphatic rings. The number of nitrogens with zero attached hydrogens (tertiary/aromatic N) is 2. The van der Waals surface area contributed by atoms with Crippen molar-refractivity contribution in [3.05, 3.63) is 6.20 Å². The minimum absolute atomic E-state index is 0.0258. The van der Waals surface area contributed by atoms with Gasteiger partial charge < -0.3 is 5.73 Å². The average Bonchev–Trinajstić information content (AvgIpc) is 2.58. The second-order valence-corrected chi connectivity index (χ2v) is 6.80. The van der Waals surface area contributed by atoms with Gasteiger partial charge in [-0.25, -0.2) is 13.1 Å². The Labute approximate surface area is 106 Å². The molecule has 0 spiro atoms. The van der Waals surface area contributed by atoms with Gasteiger partial charge in [-0.1, -0.05) is 6.92 Å². The summed E-state index contributed by atoms with van der Waals surface area (Å²) >= 11 is 1.70. The standard InChI is InChI=1S/C9H18N4O2S2/c1-7(16-3)4-5-11-17(14,15)8-6-13(2)12-9(8)10/h6-7,11H,4-5H2,1-3H3,(H2,10,12). The molecule has 0 saturated heterocycles. The molecule has 0 aliphatic heterocycles. The molecular formula is C9H18N4O2S2. The summed E-state index contributed by atoms with van der Waals surface area (Å²) < 4.78 is 27.7. The van der Waals surface area contributed by atoms with Crippen molar-refractivity contribution in [3.8, 4) is 0 Å². The maximum atomic E-state index is 11.9. The van der Waals surface area contributed by atoms with Crippen molar-refractivity contribution < 1.29 is 8.42 Å². The van der Waals surface area contributed by atoms with Crippen molar-refractivity contribution in [2.75, 3.05) is 18.5 Å². The van der Waals surface area contributed by atoms with E-state index in [1.54, 1.807) is 18.8 Å². The largest absolute Gasteiger partial charge is 0.381 e. The van der Waals surface area contributed by atoms with E-state index in [9.17, 15) is 8.42 Å². The molecule has 0 saturated carbocycles. The third kappa shape index (κ3) is 3.90. The van der Waals surface area contributed by atoms with E-state index in [0.29, 0.717) is 11.8 Å². The lowest BCUT2D eigenvalue weighted by atomic mass is 10.3. The molecular weight excluding hydrogens is 260 g/mol. The maximum absolute atomic E-state index is 11.9. The molecule has 0 fully saturated rings. The van der Waals surface area contributed by atoms with Gasteiger partial charge in [0.15, 0.2) is 5.82 Å². The minimum Gasteiger partial charge on any atom is -0.381 e. The number of thioether (sulfide) groups is 1. The first-order valence-electron chi connectivity index (χ1n) is 5.18. The van der Waals surface area contributed by atoms with E-state index >= 15 is 0 Å². The SMILES string of the molecule is CSC(C)CCNS(=O)(=O)c1cn(C)nc1N. The molecule has 0 amide bonds. The van der Waals surface area contributed by atoms with Gasteiger partial charge in [0.05, 0.1) is 0 Å². The summed E-state index contributed by atoms with van der Waals surface area (Å²) in [6.07, 6.45) is 4.18. The van der Waals surface area contributed by atoms with Gasteiger partial charge in [-0.05, 0) is 12.7 Å². The number of rotatable bonds is 6. The van der Waals surface area contributed by atoms with Crippen LogP contribution in [0.2, 0.25) is 0 Å². The maximum Gasteiger partial charge on any atom is 0.245 e. The Morgan fingerprint density at radius 2 is 2.29 bits per heavy atom. The van der Waals surface area contributed by atoms with E-state index in [1.807, 2.05) is 6.26 Å². The fourth-order valence-corrected chi connectivity index (χ4v) is 2.79. The van der Waals surface area contributed by atoms with Gasteiger partial charge >= 0.3 is 0 Å². The molecule has 3 N–H and O–H groups in total. The van der Waals surface area contributed by atoms with Gasteiger partial charge in [0.25, 0.3) is 0 Å². The molecule has 0 radical (unpaired) electrons. The van der Waals surface area contributed by atoms with Crippen LogP contribution in [0.5, 0.6) is 0 Å². The van der Waals surface area contributed by atoms with E-state index in [0.717, 1.165) is 6.42 Å². The lowest BCUT2D eigenvalue weighted by Crippen LogP contribution is -2.26. The van der Waals surface area contributed by atoms with Crippen LogP contribution in [0.1, 0.15) is 13.3 Å². The van der Waals surface area contributed by atoms with E-state index in [4.69, 9.17) is 5.73 Å². The summed E-state index contributed by atoms with van der Waals surface area (Å²) in [5.74, 6) is 0.0258. The van der Waals surface area contributed by atoms with Crippen LogP contribution in [0.15, 0.2) is 11.1 Å². The molecule has 8 heteroatoms. The van der Waals surface area contributed by atoms with Gasteiger partial charge in [0.2, 0.25) is 10.0 Å². The van der Waals surface area contributed by atoms with Crippen LogP contribution < -0.4 is 10.5 Å². The summed E-state index contributed by atoms with van der Waals surface area (Å²) in [6, 6.07) is 0. The van der Waals surface area contributed by atoms with Gasteiger partial charge in [0.1, 0.15) is 4.90 Å². The van der Waals surface area contributed by atoms with E-state index in [2.05, 4.69) is 16.7 Å². The van der Waals surface area contributed by atoms with Crippen LogP contribution in [-0.2, 0) is 17.1 Å². The van der Waals surface area contributed by atoms with Gasteiger partial charge in [-0.15, -0.1) is 0 Å². The number of nitrogen functional groups attached to an aromatic ring is 1. The zero-order valence-corrected chi connectivity index (χ0v) is 11.8. The van der Waals surface area contributed by atoms with Crippen LogP contribution in [0.4, 0.5) is 5.82 Å². The third-order valence-corrected chi connectivity index (χ3v) is 4.88. The topological polar surface area (TPSA) is 90.0 Å². The lowest BCUT2D eigenvalue weighted by molar-refractivity contribution is 0.579. The molecule has 6 nitrogen and oxygen atoms in total. The predicted molar refractivity (Wildman–Crippen MR) is 70.4 cm³/mol. The van der Waals surface area contributed by atoms with Crippen molar-refractivity contribution >= 4 is 27.6 Å². The highest BCUT2D eigenvalue weighted by molar-refractivity contribution is 7.99. The Kier molecular flexibility index (Phi) is 4.84. The highest BCUT2D eigenvalue weighted by Gasteiger charge is 2.20. The molecule has 1 heterocycles. The first kappa shape index (κ1) is 14.3. The second kappa shape index (κ2) is 5.74. The summed E-state index contributed by atoms with van der Waals surface area (Å²) in [7, 11) is -1.91. The lowest BCUT2D eigenvalue weighted by Gasteiger charge is -2.09. The smallest absolute Gasteiger partial charge is 0.245 e. The number of hydrogen-bond acceptors (Lipinski definition) is 5. The number of aromatic nitrogens is 2. The quantitative estimate of drug-likeness (QED) is 0.787. The number of anilines is 1. The minimum atomic E-state index is -3.54. The van der Waals surface area contributed by atoms with Crippen LogP contribution in [0.3, 0.4) is 0 Å². The molecule has 0 bridgehead atoms. The molecule has 17 heavy (non-hydrogen) atoms. The molecule has 98 valence electrons. The van der Waals surface area contributed by atoms with Crippen molar-refractivity contribution in [1.29, 1.82) is 0 Å². The van der Waals surface area contributed by atoms with Crippen molar-refractivity contribution in [2.45, 2.75) is 23.5 Å². The Balaban J connectivity index is 2.66. The van der Waals surface area contributed by atoms with Crippen LogP contribution in [0, 0.1) is 0 Å². The Morgan fingerprint density at radius 1 is 1.65 bits per heavy atom. The van der Waals surface area contributed by atoms with Gasteiger partial charge in [-0.2, -0.15) is 16.9 Å². The van der Waals surface area contributed by atoms with Gasteiger partial charge in [-0.3, -0.25) is 4.68 Å².